The standard InChI is InChI=1S/C11H14ClNS/c1-3-13(4-2)11(14)9-7-5-6-8-10(9)12/h5-8H,3-4H2,1-2H3. The van der Waals surface area contributed by atoms with E-state index in [0.29, 0.717) is 0 Å². The van der Waals surface area contributed by atoms with Gasteiger partial charge < -0.3 is 4.90 Å². The molecule has 1 rings (SSSR count). The Labute approximate surface area is 95.7 Å². The number of hydrogen-bond donors (Lipinski definition) is 0. The highest BCUT2D eigenvalue weighted by Crippen LogP contribution is 2.17. The molecule has 0 unspecified atom stereocenters. The smallest absolute Gasteiger partial charge is 0.110 e. The molecule has 1 aromatic carbocycles. The summed E-state index contributed by atoms with van der Waals surface area (Å²) >= 11 is 11.4. The van der Waals surface area contributed by atoms with Gasteiger partial charge in [0.05, 0.1) is 5.02 Å². The molecule has 0 saturated carbocycles. The van der Waals surface area contributed by atoms with Crippen LogP contribution in [0.2, 0.25) is 5.02 Å². The monoisotopic (exact) mass is 227 g/mol. The molecule has 0 amide bonds. The Bertz CT molecular complexity index is 321. The van der Waals surface area contributed by atoms with Crippen molar-refractivity contribution in [3.63, 3.8) is 0 Å². The lowest BCUT2D eigenvalue weighted by atomic mass is 10.2. The molecule has 0 aliphatic heterocycles. The Balaban J connectivity index is 2.94. The van der Waals surface area contributed by atoms with Crippen molar-refractivity contribution in [2.24, 2.45) is 0 Å². The van der Waals surface area contributed by atoms with E-state index in [0.717, 1.165) is 28.7 Å². The van der Waals surface area contributed by atoms with Gasteiger partial charge in [-0.05, 0) is 19.9 Å². The molecule has 0 aliphatic carbocycles. The van der Waals surface area contributed by atoms with Gasteiger partial charge in [0.2, 0.25) is 0 Å². The van der Waals surface area contributed by atoms with Gasteiger partial charge in [-0.3, -0.25) is 0 Å². The molecule has 0 heterocycles. The first-order valence-electron chi connectivity index (χ1n) is 4.74. The molecule has 0 spiro atoms. The van der Waals surface area contributed by atoms with E-state index in [4.69, 9.17) is 23.8 Å². The predicted molar refractivity (Wildman–Crippen MR) is 66.1 cm³/mol. The molecular formula is C11H14ClNS. The van der Waals surface area contributed by atoms with Crippen molar-refractivity contribution in [1.82, 2.24) is 4.90 Å². The summed E-state index contributed by atoms with van der Waals surface area (Å²) in [6.07, 6.45) is 0. The van der Waals surface area contributed by atoms with Gasteiger partial charge in [-0.15, -0.1) is 0 Å². The second-order valence-electron chi connectivity index (χ2n) is 2.96. The van der Waals surface area contributed by atoms with Crippen molar-refractivity contribution in [1.29, 1.82) is 0 Å². The molecule has 76 valence electrons. The number of benzene rings is 1. The number of halogens is 1. The SMILES string of the molecule is CCN(CC)C(=S)c1ccccc1Cl. The molecule has 0 bridgehead atoms. The minimum absolute atomic E-state index is 0.726. The fraction of sp³-hybridized carbons (Fsp3) is 0.364. The van der Waals surface area contributed by atoms with E-state index >= 15 is 0 Å². The molecule has 0 atom stereocenters. The van der Waals surface area contributed by atoms with Gasteiger partial charge in [0.1, 0.15) is 4.99 Å². The zero-order chi connectivity index (χ0) is 10.6. The molecule has 0 fully saturated rings. The van der Waals surface area contributed by atoms with Crippen LogP contribution in [0.4, 0.5) is 0 Å². The summed E-state index contributed by atoms with van der Waals surface area (Å²) in [7, 11) is 0. The summed E-state index contributed by atoms with van der Waals surface area (Å²) in [6, 6.07) is 7.70. The van der Waals surface area contributed by atoms with Crippen molar-refractivity contribution in [2.45, 2.75) is 13.8 Å². The van der Waals surface area contributed by atoms with E-state index in [-0.39, 0.29) is 0 Å². The lowest BCUT2D eigenvalue weighted by molar-refractivity contribution is 0.475. The van der Waals surface area contributed by atoms with Gasteiger partial charge in [-0.1, -0.05) is 42.0 Å². The maximum atomic E-state index is 6.06. The molecule has 0 aliphatic rings. The van der Waals surface area contributed by atoms with Crippen LogP contribution >= 0.6 is 23.8 Å². The third kappa shape index (κ3) is 2.46. The maximum Gasteiger partial charge on any atom is 0.110 e. The van der Waals surface area contributed by atoms with E-state index in [1.165, 1.54) is 0 Å². The molecule has 0 saturated heterocycles. The van der Waals surface area contributed by atoms with Crippen LogP contribution in [-0.2, 0) is 0 Å². The molecule has 0 N–H and O–H groups in total. The van der Waals surface area contributed by atoms with Crippen LogP contribution in [-0.4, -0.2) is 23.0 Å². The lowest BCUT2D eigenvalue weighted by Gasteiger charge is -2.22. The second-order valence-corrected chi connectivity index (χ2v) is 3.75. The van der Waals surface area contributed by atoms with Crippen molar-refractivity contribution in [3.05, 3.63) is 34.9 Å². The van der Waals surface area contributed by atoms with Gasteiger partial charge in [-0.25, -0.2) is 0 Å². The first-order valence-corrected chi connectivity index (χ1v) is 5.53. The van der Waals surface area contributed by atoms with Gasteiger partial charge in [0, 0.05) is 18.7 Å². The van der Waals surface area contributed by atoms with Crippen molar-refractivity contribution in [2.75, 3.05) is 13.1 Å². The largest absolute Gasteiger partial charge is 0.363 e. The van der Waals surface area contributed by atoms with Crippen molar-refractivity contribution >= 4 is 28.8 Å². The van der Waals surface area contributed by atoms with E-state index in [9.17, 15) is 0 Å². The summed E-state index contributed by atoms with van der Waals surface area (Å²) in [5, 5.41) is 0.726. The lowest BCUT2D eigenvalue weighted by Crippen LogP contribution is -2.29. The Morgan fingerprint density at radius 1 is 1.29 bits per heavy atom. The van der Waals surface area contributed by atoms with Crippen molar-refractivity contribution < 1.29 is 0 Å². The average molecular weight is 228 g/mol. The van der Waals surface area contributed by atoms with E-state index < -0.39 is 0 Å². The summed E-state index contributed by atoms with van der Waals surface area (Å²) in [5.74, 6) is 0. The van der Waals surface area contributed by atoms with Gasteiger partial charge >= 0.3 is 0 Å². The van der Waals surface area contributed by atoms with Crippen molar-refractivity contribution in [3.8, 4) is 0 Å². The highest BCUT2D eigenvalue weighted by atomic mass is 35.5. The quantitative estimate of drug-likeness (QED) is 0.729. The van der Waals surface area contributed by atoms with Crippen LogP contribution in [0.15, 0.2) is 24.3 Å². The van der Waals surface area contributed by atoms with Crippen LogP contribution < -0.4 is 0 Å². The normalized spacial score (nSPS) is 9.93. The van der Waals surface area contributed by atoms with Crippen LogP contribution in [0.3, 0.4) is 0 Å². The predicted octanol–water partition coefficient (Wildman–Crippen LogP) is 3.36. The molecule has 0 radical (unpaired) electrons. The third-order valence-electron chi connectivity index (χ3n) is 2.15. The van der Waals surface area contributed by atoms with Crippen LogP contribution in [0.5, 0.6) is 0 Å². The summed E-state index contributed by atoms with van der Waals surface area (Å²) in [5.41, 5.74) is 0.952. The molecule has 14 heavy (non-hydrogen) atoms. The highest BCUT2D eigenvalue weighted by Gasteiger charge is 2.10. The van der Waals surface area contributed by atoms with E-state index in [1.54, 1.807) is 0 Å². The summed E-state index contributed by atoms with van der Waals surface area (Å²) < 4.78 is 0. The minimum Gasteiger partial charge on any atom is -0.363 e. The molecule has 1 aromatic rings. The topological polar surface area (TPSA) is 3.24 Å². The van der Waals surface area contributed by atoms with Crippen LogP contribution in [0, 0.1) is 0 Å². The second kappa shape index (κ2) is 5.32. The Morgan fingerprint density at radius 3 is 2.36 bits per heavy atom. The minimum atomic E-state index is 0.726. The Morgan fingerprint density at radius 2 is 1.86 bits per heavy atom. The van der Waals surface area contributed by atoms with E-state index in [2.05, 4.69) is 18.7 Å². The fourth-order valence-electron chi connectivity index (χ4n) is 1.32. The van der Waals surface area contributed by atoms with Gasteiger partial charge in [0.15, 0.2) is 0 Å². The van der Waals surface area contributed by atoms with Gasteiger partial charge in [-0.2, -0.15) is 0 Å². The number of hydrogen-bond acceptors (Lipinski definition) is 1. The Hall–Kier alpha value is -0.600. The zero-order valence-corrected chi connectivity index (χ0v) is 10.0. The van der Waals surface area contributed by atoms with Gasteiger partial charge in [0.25, 0.3) is 0 Å². The summed E-state index contributed by atoms with van der Waals surface area (Å²) in [4.78, 5) is 2.96. The first-order chi connectivity index (χ1) is 6.70. The highest BCUT2D eigenvalue weighted by molar-refractivity contribution is 7.80. The third-order valence-corrected chi connectivity index (χ3v) is 2.96. The van der Waals surface area contributed by atoms with Crippen LogP contribution in [0.1, 0.15) is 19.4 Å². The zero-order valence-electron chi connectivity index (χ0n) is 8.46. The number of thiocarbonyl (C=S) groups is 1. The molecule has 0 aromatic heterocycles. The molecular weight excluding hydrogens is 214 g/mol. The average Bonchev–Trinajstić information content (AvgIpc) is 2.20. The summed E-state index contributed by atoms with van der Waals surface area (Å²) in [6.45, 7) is 6.01. The fourth-order valence-corrected chi connectivity index (χ4v) is 2.03. The van der Waals surface area contributed by atoms with Crippen LogP contribution in [0.25, 0.3) is 0 Å². The number of rotatable bonds is 3. The molecule has 1 nitrogen and oxygen atoms in total. The first kappa shape index (κ1) is 11.5. The molecule has 3 heteroatoms. The maximum absolute atomic E-state index is 6.06. The van der Waals surface area contributed by atoms with E-state index in [1.807, 2.05) is 24.3 Å². The number of nitrogens with zero attached hydrogens (tertiary/aromatic N) is 1. The Kier molecular flexibility index (Phi) is 4.36.